The average molecular weight is 344 g/mol. The first kappa shape index (κ1) is 17.0. The van der Waals surface area contributed by atoms with Crippen molar-refractivity contribution in [3.63, 3.8) is 0 Å². The van der Waals surface area contributed by atoms with Gasteiger partial charge in [0.15, 0.2) is 0 Å². The fourth-order valence-corrected chi connectivity index (χ4v) is 2.65. The van der Waals surface area contributed by atoms with E-state index in [2.05, 4.69) is 9.97 Å². The van der Waals surface area contributed by atoms with E-state index in [0.717, 1.165) is 11.8 Å². The minimum Gasteiger partial charge on any atom is -0.351 e. The summed E-state index contributed by atoms with van der Waals surface area (Å²) < 4.78 is 38.7. The number of hydrogen-bond donors (Lipinski definition) is 2. The van der Waals surface area contributed by atoms with E-state index in [1.807, 2.05) is 5.32 Å². The van der Waals surface area contributed by atoms with Crippen molar-refractivity contribution >= 4 is 34.6 Å². The van der Waals surface area contributed by atoms with Crippen LogP contribution in [0.5, 0.6) is 0 Å². The van der Waals surface area contributed by atoms with Gasteiger partial charge >= 0.3 is 12.2 Å². The molecule has 0 bridgehead atoms. The predicted molar refractivity (Wildman–Crippen MR) is 77.6 cm³/mol. The number of thioether (sulfide) groups is 1. The normalized spacial score (nSPS) is 12.9. The van der Waals surface area contributed by atoms with E-state index in [1.165, 1.54) is 13.0 Å². The molecule has 10 heteroatoms. The zero-order chi connectivity index (χ0) is 17.2. The van der Waals surface area contributed by atoms with Crippen LogP contribution in [0.1, 0.15) is 12.7 Å². The number of urea groups is 1. The Morgan fingerprint density at radius 3 is 2.52 bits per heavy atom. The summed E-state index contributed by atoms with van der Waals surface area (Å²) in [4.78, 5) is 29.3. The van der Waals surface area contributed by atoms with Gasteiger partial charge in [-0.2, -0.15) is 13.2 Å². The molecular formula is C13H11F3N4O2S. The lowest BCUT2D eigenvalue weighted by molar-refractivity contribution is -0.145. The molecule has 0 radical (unpaired) electrons. The largest absolute Gasteiger partial charge is 0.451 e. The first-order valence-corrected chi connectivity index (χ1v) is 7.17. The molecule has 0 aliphatic rings. The number of carbonyl (C=O) groups is 2. The molecule has 1 atom stereocenters. The fraction of sp³-hybridized carbons (Fsp3) is 0.231. The maximum absolute atomic E-state index is 12.9. The maximum Gasteiger partial charge on any atom is 0.451 e. The molecule has 0 aliphatic carbocycles. The van der Waals surface area contributed by atoms with Crippen molar-refractivity contribution in [1.82, 2.24) is 15.3 Å². The molecule has 0 saturated carbocycles. The number of nitrogens with two attached hydrogens (primary N) is 1. The van der Waals surface area contributed by atoms with Crippen LogP contribution in [-0.2, 0) is 11.0 Å². The summed E-state index contributed by atoms with van der Waals surface area (Å²) >= 11 is 0.782. The van der Waals surface area contributed by atoms with Gasteiger partial charge in [-0.3, -0.25) is 10.1 Å². The Balaban J connectivity index is 2.42. The van der Waals surface area contributed by atoms with E-state index in [9.17, 15) is 22.8 Å². The molecule has 2 rings (SSSR count). The standard InChI is InChI=1S/C13H11F3N4O2S/c1-6(9(21)19-12(17)22)23-10-7-4-2-3-5-8(7)18-11(20-10)13(14,15)16/h2-6H,1H3,(H3,17,19,21,22)/t6-/m1/s1. The van der Waals surface area contributed by atoms with Crippen LogP contribution in [0.15, 0.2) is 29.3 Å². The Bertz CT molecular complexity index is 766. The van der Waals surface area contributed by atoms with E-state index in [1.54, 1.807) is 18.2 Å². The number of rotatable bonds is 3. The van der Waals surface area contributed by atoms with Crippen molar-refractivity contribution in [2.45, 2.75) is 23.4 Å². The second-order valence-corrected chi connectivity index (χ2v) is 5.81. The molecule has 1 heterocycles. The summed E-state index contributed by atoms with van der Waals surface area (Å²) in [5.41, 5.74) is 4.95. The van der Waals surface area contributed by atoms with Crippen molar-refractivity contribution < 1.29 is 22.8 Å². The van der Waals surface area contributed by atoms with Gasteiger partial charge in [-0.05, 0) is 13.0 Å². The van der Waals surface area contributed by atoms with Crippen LogP contribution in [-0.4, -0.2) is 27.2 Å². The van der Waals surface area contributed by atoms with Crippen molar-refractivity contribution in [1.29, 1.82) is 0 Å². The minimum absolute atomic E-state index is 0.00459. The molecule has 1 aromatic heterocycles. The number of carbonyl (C=O) groups excluding carboxylic acids is 2. The highest BCUT2D eigenvalue weighted by Crippen LogP contribution is 2.33. The van der Waals surface area contributed by atoms with Gasteiger partial charge in [0.2, 0.25) is 11.7 Å². The van der Waals surface area contributed by atoms with E-state index < -0.39 is 29.2 Å². The van der Waals surface area contributed by atoms with Crippen LogP contribution in [0.2, 0.25) is 0 Å². The molecule has 3 N–H and O–H groups in total. The summed E-state index contributed by atoms with van der Waals surface area (Å²) in [6.45, 7) is 1.42. The number of primary amides is 1. The summed E-state index contributed by atoms with van der Waals surface area (Å²) in [5.74, 6) is -2.01. The van der Waals surface area contributed by atoms with E-state index in [4.69, 9.17) is 5.73 Å². The van der Waals surface area contributed by atoms with Gasteiger partial charge in [-0.25, -0.2) is 14.8 Å². The number of aromatic nitrogens is 2. The van der Waals surface area contributed by atoms with Gasteiger partial charge in [0.05, 0.1) is 10.8 Å². The van der Waals surface area contributed by atoms with Crippen LogP contribution in [0.3, 0.4) is 0 Å². The highest BCUT2D eigenvalue weighted by molar-refractivity contribution is 8.00. The van der Waals surface area contributed by atoms with Crippen molar-refractivity contribution in [3.05, 3.63) is 30.1 Å². The molecule has 23 heavy (non-hydrogen) atoms. The summed E-state index contributed by atoms with van der Waals surface area (Å²) in [7, 11) is 0. The lowest BCUT2D eigenvalue weighted by Crippen LogP contribution is -2.39. The number of fused-ring (bicyclic) bond motifs is 1. The lowest BCUT2D eigenvalue weighted by Gasteiger charge is -2.13. The number of alkyl halides is 3. The van der Waals surface area contributed by atoms with E-state index >= 15 is 0 Å². The number of imide groups is 1. The number of para-hydroxylation sites is 1. The molecule has 122 valence electrons. The zero-order valence-corrected chi connectivity index (χ0v) is 12.5. The number of halogens is 3. The van der Waals surface area contributed by atoms with Crippen LogP contribution < -0.4 is 11.1 Å². The maximum atomic E-state index is 12.9. The molecule has 0 fully saturated rings. The zero-order valence-electron chi connectivity index (χ0n) is 11.7. The average Bonchev–Trinajstić information content (AvgIpc) is 2.45. The molecule has 1 aromatic carbocycles. The Morgan fingerprint density at radius 1 is 1.26 bits per heavy atom. The van der Waals surface area contributed by atoms with Crippen molar-refractivity contribution in [2.75, 3.05) is 0 Å². The topological polar surface area (TPSA) is 98.0 Å². The highest BCUT2D eigenvalue weighted by Gasteiger charge is 2.35. The van der Waals surface area contributed by atoms with Gasteiger partial charge in [0, 0.05) is 5.39 Å². The van der Waals surface area contributed by atoms with Gasteiger partial charge < -0.3 is 5.73 Å². The smallest absolute Gasteiger partial charge is 0.351 e. The Hall–Kier alpha value is -2.36. The lowest BCUT2D eigenvalue weighted by atomic mass is 10.2. The quantitative estimate of drug-likeness (QED) is 0.658. The van der Waals surface area contributed by atoms with Crippen LogP contribution in [0.4, 0.5) is 18.0 Å². The summed E-state index contributed by atoms with van der Waals surface area (Å²) in [6.07, 6.45) is -4.71. The minimum atomic E-state index is -4.71. The molecule has 0 spiro atoms. The van der Waals surface area contributed by atoms with Gasteiger partial charge in [0.1, 0.15) is 5.03 Å². The van der Waals surface area contributed by atoms with Crippen molar-refractivity contribution in [2.24, 2.45) is 5.73 Å². The second-order valence-electron chi connectivity index (χ2n) is 4.48. The first-order chi connectivity index (χ1) is 10.7. The number of benzene rings is 1. The first-order valence-electron chi connectivity index (χ1n) is 6.29. The summed E-state index contributed by atoms with van der Waals surface area (Å²) in [6, 6.07) is 5.11. The number of hydrogen-bond acceptors (Lipinski definition) is 5. The predicted octanol–water partition coefficient (Wildman–Crippen LogP) is 2.32. The molecule has 3 amide bonds. The SMILES string of the molecule is C[C@@H](Sc1nc(C(F)(F)F)nc2ccccc12)C(=O)NC(N)=O. The Morgan fingerprint density at radius 2 is 1.91 bits per heavy atom. The molecule has 2 aromatic rings. The third kappa shape index (κ3) is 4.09. The third-order valence-electron chi connectivity index (χ3n) is 2.73. The molecular weight excluding hydrogens is 333 g/mol. The molecule has 0 aliphatic heterocycles. The van der Waals surface area contributed by atoms with Crippen molar-refractivity contribution in [3.8, 4) is 0 Å². The highest BCUT2D eigenvalue weighted by atomic mass is 32.2. The monoisotopic (exact) mass is 344 g/mol. The van der Waals surface area contributed by atoms with Gasteiger partial charge in [-0.1, -0.05) is 30.0 Å². The van der Waals surface area contributed by atoms with Crippen LogP contribution >= 0.6 is 11.8 Å². The second kappa shape index (κ2) is 6.41. The van der Waals surface area contributed by atoms with Crippen LogP contribution in [0.25, 0.3) is 10.9 Å². The van der Waals surface area contributed by atoms with E-state index in [0.29, 0.717) is 5.39 Å². The number of nitrogens with one attached hydrogen (secondary N) is 1. The summed E-state index contributed by atoms with van der Waals surface area (Å²) in [5, 5.41) is 1.37. The third-order valence-corrected chi connectivity index (χ3v) is 3.83. The number of amides is 3. The fourth-order valence-electron chi connectivity index (χ4n) is 1.71. The van der Waals surface area contributed by atoms with Crippen LogP contribution in [0, 0.1) is 0 Å². The molecule has 0 unspecified atom stereocenters. The Labute approximate surface area is 132 Å². The van der Waals surface area contributed by atoms with Gasteiger partial charge in [-0.15, -0.1) is 0 Å². The molecule has 0 saturated heterocycles. The van der Waals surface area contributed by atoms with Gasteiger partial charge in [0.25, 0.3) is 0 Å². The Kier molecular flexibility index (Phi) is 4.73. The van der Waals surface area contributed by atoms with E-state index in [-0.39, 0.29) is 10.5 Å². The molecule has 6 nitrogen and oxygen atoms in total. The number of nitrogens with zero attached hydrogens (tertiary/aromatic N) is 2.